The maximum absolute atomic E-state index is 12.8. The van der Waals surface area contributed by atoms with Gasteiger partial charge in [0.2, 0.25) is 5.91 Å². The summed E-state index contributed by atoms with van der Waals surface area (Å²) in [6.07, 6.45) is 0.343. The molecule has 2 atom stereocenters. The lowest BCUT2D eigenvalue weighted by molar-refractivity contribution is -0.133. The molecular weight excluding hydrogens is 382 g/mol. The predicted octanol–water partition coefficient (Wildman–Crippen LogP) is 2.47. The molecule has 1 N–H and O–H groups in total. The Balaban J connectivity index is 1.69. The number of urea groups is 1. The van der Waals surface area contributed by atoms with Crippen LogP contribution in [0.1, 0.15) is 25.0 Å². The number of imide groups is 1. The minimum Gasteiger partial charge on any atom is -0.344 e. The number of rotatable bonds is 7. The van der Waals surface area contributed by atoms with Crippen molar-refractivity contribution in [3.63, 3.8) is 0 Å². The van der Waals surface area contributed by atoms with Crippen LogP contribution in [0.2, 0.25) is 0 Å². The number of nitrogens with zero attached hydrogens (tertiary/aromatic N) is 2. The van der Waals surface area contributed by atoms with Gasteiger partial charge in [0.05, 0.1) is 6.04 Å². The van der Waals surface area contributed by atoms with Crippen molar-refractivity contribution in [1.29, 1.82) is 0 Å². The Hall–Kier alpha value is -3.48. The van der Waals surface area contributed by atoms with E-state index >= 15 is 0 Å². The maximum Gasteiger partial charge on any atom is 0.332 e. The number of ketones is 1. The zero-order chi connectivity index (χ0) is 21.8. The smallest absolute Gasteiger partial charge is 0.332 e. The minimum absolute atomic E-state index is 0.194. The fourth-order valence-electron chi connectivity index (χ4n) is 3.44. The molecular formula is C23H25N3O4. The number of benzene rings is 2. The standard InChI is InChI=1S/C23H25N3O4/c1-15-9-11-19(12-10-15)26-16(2)22(29)25(23(26)30)14-21(28)24-20(17(3)27)13-18-7-5-4-6-8-18/h4-12,16,20H,13-14H2,1-3H3,(H,24,28)/t16-,20+/m1/s1. The van der Waals surface area contributed by atoms with Gasteiger partial charge in [0.15, 0.2) is 5.78 Å². The van der Waals surface area contributed by atoms with Crippen LogP contribution in [0.25, 0.3) is 0 Å². The van der Waals surface area contributed by atoms with Crippen molar-refractivity contribution in [2.45, 2.75) is 39.3 Å². The zero-order valence-corrected chi connectivity index (χ0v) is 17.3. The Morgan fingerprint density at radius 2 is 1.67 bits per heavy atom. The summed E-state index contributed by atoms with van der Waals surface area (Å²) in [5.41, 5.74) is 2.54. The molecule has 7 nitrogen and oxygen atoms in total. The summed E-state index contributed by atoms with van der Waals surface area (Å²) in [6.45, 7) is 4.54. The average Bonchev–Trinajstić information content (AvgIpc) is 2.92. The van der Waals surface area contributed by atoms with Crippen molar-refractivity contribution in [2.24, 2.45) is 0 Å². The number of amides is 4. The predicted molar refractivity (Wildman–Crippen MR) is 113 cm³/mol. The Bertz CT molecular complexity index is 956. The Morgan fingerprint density at radius 3 is 2.27 bits per heavy atom. The van der Waals surface area contributed by atoms with Gasteiger partial charge in [-0.15, -0.1) is 0 Å². The van der Waals surface area contributed by atoms with Crippen molar-refractivity contribution in [3.05, 3.63) is 65.7 Å². The summed E-state index contributed by atoms with van der Waals surface area (Å²) < 4.78 is 0. The van der Waals surface area contributed by atoms with Crippen molar-refractivity contribution >= 4 is 29.3 Å². The molecule has 1 saturated heterocycles. The third-order valence-corrected chi connectivity index (χ3v) is 5.17. The number of carbonyl (C=O) groups excluding carboxylic acids is 4. The molecule has 2 aromatic carbocycles. The number of hydrogen-bond donors (Lipinski definition) is 1. The number of nitrogens with one attached hydrogen (secondary N) is 1. The normalized spacial score (nSPS) is 17.2. The van der Waals surface area contributed by atoms with Gasteiger partial charge in [0.25, 0.3) is 5.91 Å². The summed E-state index contributed by atoms with van der Waals surface area (Å²) in [5.74, 6) is -1.19. The van der Waals surface area contributed by atoms with E-state index in [0.29, 0.717) is 12.1 Å². The molecule has 0 spiro atoms. The van der Waals surface area contributed by atoms with Crippen molar-refractivity contribution in [1.82, 2.24) is 10.2 Å². The van der Waals surface area contributed by atoms with Gasteiger partial charge in [-0.05, 0) is 44.9 Å². The van der Waals surface area contributed by atoms with E-state index in [1.54, 1.807) is 19.1 Å². The lowest BCUT2D eigenvalue weighted by Gasteiger charge is -2.20. The molecule has 1 aliphatic heterocycles. The molecule has 0 saturated carbocycles. The molecule has 0 radical (unpaired) electrons. The molecule has 2 aromatic rings. The van der Waals surface area contributed by atoms with Crippen LogP contribution in [0.3, 0.4) is 0 Å². The van der Waals surface area contributed by atoms with E-state index in [2.05, 4.69) is 5.32 Å². The van der Waals surface area contributed by atoms with Gasteiger partial charge in [-0.2, -0.15) is 0 Å². The van der Waals surface area contributed by atoms with E-state index in [9.17, 15) is 19.2 Å². The molecule has 3 rings (SSSR count). The molecule has 0 aromatic heterocycles. The van der Waals surface area contributed by atoms with E-state index in [1.807, 2.05) is 49.4 Å². The number of carbonyl (C=O) groups is 4. The third-order valence-electron chi connectivity index (χ3n) is 5.17. The fourth-order valence-corrected chi connectivity index (χ4v) is 3.44. The summed E-state index contributed by atoms with van der Waals surface area (Å²) in [6, 6.07) is 14.6. The first-order valence-electron chi connectivity index (χ1n) is 9.83. The minimum atomic E-state index is -0.724. The molecule has 0 unspecified atom stereocenters. The Morgan fingerprint density at radius 1 is 1.03 bits per heavy atom. The van der Waals surface area contributed by atoms with Crippen LogP contribution >= 0.6 is 0 Å². The highest BCUT2D eigenvalue weighted by Crippen LogP contribution is 2.25. The first-order valence-corrected chi connectivity index (χ1v) is 9.83. The lowest BCUT2D eigenvalue weighted by atomic mass is 10.0. The van der Waals surface area contributed by atoms with Crippen molar-refractivity contribution in [2.75, 3.05) is 11.4 Å². The van der Waals surface area contributed by atoms with Gasteiger partial charge in [0.1, 0.15) is 12.6 Å². The first kappa shape index (κ1) is 21.2. The third kappa shape index (κ3) is 4.56. The van der Waals surface area contributed by atoms with Gasteiger partial charge < -0.3 is 5.32 Å². The van der Waals surface area contributed by atoms with Crippen LogP contribution in [0.5, 0.6) is 0 Å². The largest absolute Gasteiger partial charge is 0.344 e. The van der Waals surface area contributed by atoms with Gasteiger partial charge in [-0.1, -0.05) is 48.0 Å². The maximum atomic E-state index is 12.8. The highest BCUT2D eigenvalue weighted by Gasteiger charge is 2.44. The zero-order valence-electron chi connectivity index (χ0n) is 17.3. The molecule has 1 aliphatic rings. The van der Waals surface area contributed by atoms with Gasteiger partial charge >= 0.3 is 6.03 Å². The molecule has 7 heteroatoms. The number of anilines is 1. The SMILES string of the molecule is CC(=O)[C@H](Cc1ccccc1)NC(=O)CN1C(=O)[C@@H](C)N(c2ccc(C)cc2)C1=O. The molecule has 0 bridgehead atoms. The quantitative estimate of drug-likeness (QED) is 0.715. The van der Waals surface area contributed by atoms with Gasteiger partial charge in [-0.3, -0.25) is 24.2 Å². The second kappa shape index (κ2) is 8.90. The Kier molecular flexibility index (Phi) is 6.30. The monoisotopic (exact) mass is 407 g/mol. The first-order chi connectivity index (χ1) is 14.3. The summed E-state index contributed by atoms with van der Waals surface area (Å²) in [7, 11) is 0. The van der Waals surface area contributed by atoms with E-state index in [0.717, 1.165) is 16.0 Å². The average molecular weight is 407 g/mol. The van der Waals surface area contributed by atoms with E-state index < -0.39 is 36.5 Å². The topological polar surface area (TPSA) is 86.8 Å². The van der Waals surface area contributed by atoms with Crippen LogP contribution in [-0.2, 0) is 20.8 Å². The van der Waals surface area contributed by atoms with E-state index in [1.165, 1.54) is 11.8 Å². The molecule has 4 amide bonds. The summed E-state index contributed by atoms with van der Waals surface area (Å²) in [4.78, 5) is 52.3. The van der Waals surface area contributed by atoms with Gasteiger partial charge in [-0.25, -0.2) is 4.79 Å². The van der Waals surface area contributed by atoms with Crippen LogP contribution in [0, 0.1) is 6.92 Å². The fraction of sp³-hybridized carbons (Fsp3) is 0.304. The van der Waals surface area contributed by atoms with E-state index in [-0.39, 0.29) is 5.78 Å². The molecule has 1 fully saturated rings. The van der Waals surface area contributed by atoms with Crippen LogP contribution in [0.15, 0.2) is 54.6 Å². The molecule has 30 heavy (non-hydrogen) atoms. The molecule has 1 heterocycles. The van der Waals surface area contributed by atoms with Crippen LogP contribution in [-0.4, -0.2) is 47.2 Å². The molecule has 0 aliphatic carbocycles. The summed E-state index contributed by atoms with van der Waals surface area (Å²) in [5, 5.41) is 2.66. The van der Waals surface area contributed by atoms with Crippen molar-refractivity contribution in [3.8, 4) is 0 Å². The number of aryl methyl sites for hydroxylation is 1. The second-order valence-electron chi connectivity index (χ2n) is 7.51. The number of hydrogen-bond acceptors (Lipinski definition) is 4. The van der Waals surface area contributed by atoms with Crippen molar-refractivity contribution < 1.29 is 19.2 Å². The second-order valence-corrected chi connectivity index (χ2v) is 7.51. The summed E-state index contributed by atoms with van der Waals surface area (Å²) >= 11 is 0. The molecule has 156 valence electrons. The number of Topliss-reactive ketones (excluding diaryl/α,β-unsaturated/α-hetero) is 1. The van der Waals surface area contributed by atoms with Gasteiger partial charge in [0, 0.05) is 5.69 Å². The van der Waals surface area contributed by atoms with Crippen LogP contribution in [0.4, 0.5) is 10.5 Å². The highest BCUT2D eigenvalue weighted by molar-refractivity contribution is 6.15. The van der Waals surface area contributed by atoms with E-state index in [4.69, 9.17) is 0 Å². The Labute approximate surface area is 175 Å². The van der Waals surface area contributed by atoms with Crippen LogP contribution < -0.4 is 10.2 Å². The highest BCUT2D eigenvalue weighted by atomic mass is 16.2. The lowest BCUT2D eigenvalue weighted by Crippen LogP contribution is -2.47.